The zero-order chi connectivity index (χ0) is 15.4. The topological polar surface area (TPSA) is 33.0 Å². The molecule has 21 heavy (non-hydrogen) atoms. The molecular formula is C18H23N2O+. The normalized spacial score (nSPS) is 10.5. The number of nitrogens with zero attached hydrogens (tertiary/aromatic N) is 1. The summed E-state index contributed by atoms with van der Waals surface area (Å²) in [6, 6.07) is 8.28. The van der Waals surface area contributed by atoms with Gasteiger partial charge in [-0.1, -0.05) is 24.6 Å². The molecule has 2 rings (SSSR count). The number of aryl methyl sites for hydroxylation is 4. The van der Waals surface area contributed by atoms with E-state index in [1.807, 2.05) is 30.8 Å². The fourth-order valence-electron chi connectivity index (χ4n) is 2.55. The molecular weight excluding hydrogens is 260 g/mol. The monoisotopic (exact) mass is 283 g/mol. The number of hydrogen-bond acceptors (Lipinski definition) is 1. The van der Waals surface area contributed by atoms with Crippen LogP contribution in [0, 0.1) is 20.8 Å². The van der Waals surface area contributed by atoms with Crippen LogP contribution in [-0.2, 0) is 17.8 Å². The molecule has 1 heterocycles. The number of benzene rings is 1. The minimum atomic E-state index is -0.000647. The lowest BCUT2D eigenvalue weighted by Crippen LogP contribution is -2.39. The van der Waals surface area contributed by atoms with Gasteiger partial charge in [-0.15, -0.1) is 0 Å². The Morgan fingerprint density at radius 2 is 1.67 bits per heavy atom. The van der Waals surface area contributed by atoms with Crippen LogP contribution in [0.2, 0.25) is 0 Å². The van der Waals surface area contributed by atoms with Crippen molar-refractivity contribution < 1.29 is 9.36 Å². The SMILES string of the molecule is CCc1cc[n+](CC(=O)Nc2c(C)cc(C)cc2C)cc1. The first-order valence-electron chi connectivity index (χ1n) is 7.35. The third-order valence-corrected chi connectivity index (χ3v) is 3.64. The van der Waals surface area contributed by atoms with Gasteiger partial charge in [-0.05, 0) is 43.9 Å². The third-order valence-electron chi connectivity index (χ3n) is 3.64. The quantitative estimate of drug-likeness (QED) is 0.859. The lowest BCUT2D eigenvalue weighted by atomic mass is 10.1. The fraction of sp³-hybridized carbons (Fsp3) is 0.333. The molecule has 1 aromatic heterocycles. The highest BCUT2D eigenvalue weighted by atomic mass is 16.1. The second kappa shape index (κ2) is 6.53. The fourth-order valence-corrected chi connectivity index (χ4v) is 2.55. The zero-order valence-corrected chi connectivity index (χ0v) is 13.2. The molecule has 0 saturated carbocycles. The number of anilines is 1. The molecule has 0 atom stereocenters. The van der Waals surface area contributed by atoms with Crippen LogP contribution in [0.1, 0.15) is 29.2 Å². The standard InChI is InChI=1S/C18H22N2O/c1-5-16-6-8-20(9-7-16)12-17(21)19-18-14(3)10-13(2)11-15(18)4/h6-11H,5,12H2,1-4H3/p+1. The van der Waals surface area contributed by atoms with Crippen molar-refractivity contribution in [3.05, 3.63) is 58.9 Å². The number of aromatic nitrogens is 1. The zero-order valence-electron chi connectivity index (χ0n) is 13.2. The maximum Gasteiger partial charge on any atom is 0.290 e. The Labute approximate surface area is 126 Å². The van der Waals surface area contributed by atoms with Crippen LogP contribution in [0.3, 0.4) is 0 Å². The first kappa shape index (κ1) is 15.2. The van der Waals surface area contributed by atoms with Gasteiger partial charge in [-0.3, -0.25) is 4.79 Å². The summed E-state index contributed by atoms with van der Waals surface area (Å²) in [6.07, 6.45) is 4.91. The molecule has 0 aliphatic heterocycles. The molecule has 0 aliphatic rings. The van der Waals surface area contributed by atoms with Gasteiger partial charge in [-0.25, -0.2) is 0 Å². The van der Waals surface area contributed by atoms with Crippen LogP contribution in [0.25, 0.3) is 0 Å². The van der Waals surface area contributed by atoms with Crippen molar-refractivity contribution in [3.63, 3.8) is 0 Å². The lowest BCUT2D eigenvalue weighted by Gasteiger charge is -2.11. The van der Waals surface area contributed by atoms with Crippen molar-refractivity contribution in [1.29, 1.82) is 0 Å². The van der Waals surface area contributed by atoms with Gasteiger partial charge in [0, 0.05) is 17.8 Å². The molecule has 1 amide bonds. The van der Waals surface area contributed by atoms with Crippen LogP contribution in [0.4, 0.5) is 5.69 Å². The predicted octanol–water partition coefficient (Wildman–Crippen LogP) is 3.10. The minimum Gasteiger partial charge on any atom is -0.320 e. The summed E-state index contributed by atoms with van der Waals surface area (Å²) < 4.78 is 1.90. The van der Waals surface area contributed by atoms with Crippen molar-refractivity contribution in [3.8, 4) is 0 Å². The molecule has 0 fully saturated rings. The molecule has 1 aromatic carbocycles. The number of carbonyl (C=O) groups excluding carboxylic acids is 1. The van der Waals surface area contributed by atoms with E-state index in [1.54, 1.807) is 0 Å². The molecule has 0 radical (unpaired) electrons. The van der Waals surface area contributed by atoms with Crippen molar-refractivity contribution in [1.82, 2.24) is 0 Å². The maximum absolute atomic E-state index is 12.2. The van der Waals surface area contributed by atoms with Crippen LogP contribution in [-0.4, -0.2) is 5.91 Å². The van der Waals surface area contributed by atoms with Gasteiger partial charge >= 0.3 is 0 Å². The average Bonchev–Trinajstić information content (AvgIpc) is 2.43. The molecule has 0 aliphatic carbocycles. The largest absolute Gasteiger partial charge is 0.320 e. The van der Waals surface area contributed by atoms with E-state index < -0.39 is 0 Å². The summed E-state index contributed by atoms with van der Waals surface area (Å²) in [5.74, 6) is -0.000647. The number of nitrogens with one attached hydrogen (secondary N) is 1. The van der Waals surface area contributed by atoms with E-state index in [0.717, 1.165) is 23.2 Å². The Hall–Kier alpha value is -2.16. The molecule has 3 heteroatoms. The number of amides is 1. The van der Waals surface area contributed by atoms with E-state index in [-0.39, 0.29) is 5.91 Å². The van der Waals surface area contributed by atoms with Gasteiger partial charge in [0.1, 0.15) is 0 Å². The molecule has 2 aromatic rings. The molecule has 1 N–H and O–H groups in total. The molecule has 0 unspecified atom stereocenters. The summed E-state index contributed by atoms with van der Waals surface area (Å²) in [5, 5.41) is 3.02. The Morgan fingerprint density at radius 3 is 2.19 bits per heavy atom. The third kappa shape index (κ3) is 3.91. The van der Waals surface area contributed by atoms with Gasteiger partial charge in [0.05, 0.1) is 0 Å². The molecule has 0 bridgehead atoms. The summed E-state index contributed by atoms with van der Waals surface area (Å²) in [6.45, 7) is 8.57. The summed E-state index contributed by atoms with van der Waals surface area (Å²) >= 11 is 0. The Bertz CT molecular complexity index is 622. The van der Waals surface area contributed by atoms with Crippen LogP contribution < -0.4 is 9.88 Å². The van der Waals surface area contributed by atoms with Crippen molar-refractivity contribution in [2.45, 2.75) is 40.7 Å². The minimum absolute atomic E-state index is 0.000647. The Balaban J connectivity index is 2.08. The van der Waals surface area contributed by atoms with E-state index in [2.05, 4.69) is 43.4 Å². The summed E-state index contributed by atoms with van der Waals surface area (Å²) in [4.78, 5) is 12.2. The van der Waals surface area contributed by atoms with Crippen LogP contribution in [0.15, 0.2) is 36.7 Å². The van der Waals surface area contributed by atoms with E-state index >= 15 is 0 Å². The van der Waals surface area contributed by atoms with Crippen molar-refractivity contribution in [2.24, 2.45) is 0 Å². The van der Waals surface area contributed by atoms with E-state index in [4.69, 9.17) is 0 Å². The molecule has 0 saturated heterocycles. The molecule has 0 spiro atoms. The first-order valence-corrected chi connectivity index (χ1v) is 7.35. The maximum atomic E-state index is 12.2. The highest BCUT2D eigenvalue weighted by Gasteiger charge is 2.12. The van der Waals surface area contributed by atoms with E-state index in [9.17, 15) is 4.79 Å². The van der Waals surface area contributed by atoms with E-state index in [0.29, 0.717) is 6.54 Å². The van der Waals surface area contributed by atoms with Gasteiger partial charge < -0.3 is 5.32 Å². The second-order valence-corrected chi connectivity index (χ2v) is 5.55. The highest BCUT2D eigenvalue weighted by molar-refractivity contribution is 5.91. The number of hydrogen-bond donors (Lipinski definition) is 1. The summed E-state index contributed by atoms with van der Waals surface area (Å²) in [7, 11) is 0. The van der Waals surface area contributed by atoms with Crippen LogP contribution >= 0.6 is 0 Å². The van der Waals surface area contributed by atoms with Gasteiger partial charge in [0.15, 0.2) is 12.4 Å². The highest BCUT2D eigenvalue weighted by Crippen LogP contribution is 2.21. The Kier molecular flexibility index (Phi) is 4.73. The van der Waals surface area contributed by atoms with Gasteiger partial charge in [0.2, 0.25) is 6.54 Å². The van der Waals surface area contributed by atoms with Crippen molar-refractivity contribution in [2.75, 3.05) is 5.32 Å². The smallest absolute Gasteiger partial charge is 0.290 e. The first-order chi connectivity index (χ1) is 9.99. The lowest BCUT2D eigenvalue weighted by molar-refractivity contribution is -0.684. The molecule has 110 valence electrons. The second-order valence-electron chi connectivity index (χ2n) is 5.55. The Morgan fingerprint density at radius 1 is 1.10 bits per heavy atom. The number of rotatable bonds is 4. The van der Waals surface area contributed by atoms with Crippen molar-refractivity contribution >= 4 is 11.6 Å². The average molecular weight is 283 g/mol. The predicted molar refractivity (Wildman–Crippen MR) is 85.3 cm³/mol. The van der Waals surface area contributed by atoms with Crippen LogP contribution in [0.5, 0.6) is 0 Å². The number of pyridine rings is 1. The van der Waals surface area contributed by atoms with Gasteiger partial charge in [0.25, 0.3) is 5.91 Å². The molecule has 3 nitrogen and oxygen atoms in total. The van der Waals surface area contributed by atoms with Gasteiger partial charge in [-0.2, -0.15) is 4.57 Å². The van der Waals surface area contributed by atoms with E-state index in [1.165, 1.54) is 11.1 Å². The number of carbonyl (C=O) groups is 1. The summed E-state index contributed by atoms with van der Waals surface area (Å²) in [5.41, 5.74) is 5.63.